The van der Waals surface area contributed by atoms with Crippen molar-refractivity contribution in [3.63, 3.8) is 0 Å². The molecule has 76 valence electrons. The molecule has 14 heavy (non-hydrogen) atoms. The smallest absolute Gasteiger partial charge is 0.177 e. The standard InChI is InChI=1S/C9H11ClN2O2/c1-6-4-7(10)2-3-8(6)14-5-9(11)12-13/h2-4,13H,5H2,1H3,(H2,11,12). The highest BCUT2D eigenvalue weighted by Crippen LogP contribution is 2.21. The molecule has 0 unspecified atom stereocenters. The van der Waals surface area contributed by atoms with E-state index in [9.17, 15) is 0 Å². The van der Waals surface area contributed by atoms with Gasteiger partial charge in [-0.25, -0.2) is 0 Å². The molecule has 0 aliphatic heterocycles. The molecule has 5 heteroatoms. The highest BCUT2D eigenvalue weighted by Gasteiger charge is 2.01. The maximum Gasteiger partial charge on any atom is 0.177 e. The van der Waals surface area contributed by atoms with E-state index in [2.05, 4.69) is 5.16 Å². The minimum atomic E-state index is 0.0272. The predicted molar refractivity (Wildman–Crippen MR) is 55.1 cm³/mol. The Bertz CT molecular complexity index is 353. The lowest BCUT2D eigenvalue weighted by Crippen LogP contribution is -2.21. The zero-order valence-corrected chi connectivity index (χ0v) is 8.45. The lowest BCUT2D eigenvalue weighted by Gasteiger charge is -2.07. The van der Waals surface area contributed by atoms with Crippen LogP contribution in [0, 0.1) is 6.92 Å². The topological polar surface area (TPSA) is 67.8 Å². The molecule has 0 saturated carbocycles. The van der Waals surface area contributed by atoms with Gasteiger partial charge in [-0.2, -0.15) is 0 Å². The van der Waals surface area contributed by atoms with Crippen molar-refractivity contribution >= 4 is 17.4 Å². The number of hydrogen-bond acceptors (Lipinski definition) is 3. The molecular weight excluding hydrogens is 204 g/mol. The summed E-state index contributed by atoms with van der Waals surface area (Å²) in [6, 6.07) is 5.24. The fourth-order valence-corrected chi connectivity index (χ4v) is 1.18. The maximum atomic E-state index is 8.29. The summed E-state index contributed by atoms with van der Waals surface area (Å²) >= 11 is 5.76. The lowest BCUT2D eigenvalue weighted by atomic mass is 10.2. The molecule has 0 atom stereocenters. The second-order valence-corrected chi connectivity index (χ2v) is 3.23. The summed E-state index contributed by atoms with van der Waals surface area (Å²) in [4.78, 5) is 0. The molecule has 0 aromatic heterocycles. The van der Waals surface area contributed by atoms with Crippen molar-refractivity contribution in [3.8, 4) is 5.75 Å². The van der Waals surface area contributed by atoms with Crippen molar-refractivity contribution in [1.82, 2.24) is 0 Å². The summed E-state index contributed by atoms with van der Waals surface area (Å²) in [6.45, 7) is 1.92. The SMILES string of the molecule is Cc1cc(Cl)ccc1OC/C(N)=N\O. The first-order valence-electron chi connectivity index (χ1n) is 3.99. The monoisotopic (exact) mass is 214 g/mol. The van der Waals surface area contributed by atoms with Crippen molar-refractivity contribution in [1.29, 1.82) is 0 Å². The molecule has 0 heterocycles. The summed E-state index contributed by atoms with van der Waals surface area (Å²) in [5.74, 6) is 0.695. The van der Waals surface area contributed by atoms with Crippen LogP contribution in [0.3, 0.4) is 0 Å². The van der Waals surface area contributed by atoms with Crippen molar-refractivity contribution in [3.05, 3.63) is 28.8 Å². The maximum absolute atomic E-state index is 8.29. The quantitative estimate of drug-likeness (QED) is 0.349. The molecule has 0 spiro atoms. The Balaban J connectivity index is 2.68. The zero-order chi connectivity index (χ0) is 10.6. The van der Waals surface area contributed by atoms with E-state index in [0.717, 1.165) is 5.56 Å². The first-order chi connectivity index (χ1) is 6.63. The van der Waals surface area contributed by atoms with Crippen LogP contribution in [0.4, 0.5) is 0 Å². The van der Waals surface area contributed by atoms with Crippen molar-refractivity contribution in [2.75, 3.05) is 6.61 Å². The van der Waals surface area contributed by atoms with Gasteiger partial charge in [0.1, 0.15) is 12.4 Å². The Morgan fingerprint density at radius 1 is 1.64 bits per heavy atom. The summed E-state index contributed by atoms with van der Waals surface area (Å²) in [5.41, 5.74) is 6.16. The average Bonchev–Trinajstić information content (AvgIpc) is 2.16. The van der Waals surface area contributed by atoms with E-state index in [1.165, 1.54) is 0 Å². The molecule has 1 rings (SSSR count). The summed E-state index contributed by atoms with van der Waals surface area (Å²) in [6.07, 6.45) is 0. The molecule has 0 radical (unpaired) electrons. The summed E-state index contributed by atoms with van der Waals surface area (Å²) < 4.78 is 5.27. The molecule has 1 aromatic rings. The third kappa shape index (κ3) is 2.81. The number of halogens is 1. The molecule has 0 fully saturated rings. The molecule has 1 aromatic carbocycles. The molecular formula is C9H11ClN2O2. The van der Waals surface area contributed by atoms with Gasteiger partial charge >= 0.3 is 0 Å². The number of aryl methyl sites for hydroxylation is 1. The highest BCUT2D eigenvalue weighted by molar-refractivity contribution is 6.30. The molecule has 0 bridgehead atoms. The second kappa shape index (κ2) is 4.72. The van der Waals surface area contributed by atoms with Crippen LogP contribution in [-0.2, 0) is 0 Å². The van der Waals surface area contributed by atoms with Gasteiger partial charge in [-0.3, -0.25) is 0 Å². The van der Waals surface area contributed by atoms with E-state index in [1.54, 1.807) is 18.2 Å². The van der Waals surface area contributed by atoms with E-state index in [4.69, 9.17) is 27.3 Å². The van der Waals surface area contributed by atoms with Gasteiger partial charge < -0.3 is 15.7 Å². The van der Waals surface area contributed by atoms with E-state index in [-0.39, 0.29) is 12.4 Å². The van der Waals surface area contributed by atoms with Gasteiger partial charge in [0.15, 0.2) is 5.84 Å². The Hall–Kier alpha value is -1.42. The second-order valence-electron chi connectivity index (χ2n) is 2.79. The van der Waals surface area contributed by atoms with E-state index >= 15 is 0 Å². The van der Waals surface area contributed by atoms with Gasteiger partial charge in [-0.05, 0) is 30.7 Å². The van der Waals surface area contributed by atoms with Gasteiger partial charge in [0, 0.05) is 5.02 Å². The van der Waals surface area contributed by atoms with Crippen molar-refractivity contribution in [2.45, 2.75) is 6.92 Å². The van der Waals surface area contributed by atoms with Crippen LogP contribution >= 0.6 is 11.6 Å². The van der Waals surface area contributed by atoms with Crippen LogP contribution in [0.1, 0.15) is 5.56 Å². The lowest BCUT2D eigenvalue weighted by molar-refractivity contribution is 0.306. The zero-order valence-electron chi connectivity index (χ0n) is 7.70. The van der Waals surface area contributed by atoms with Crippen LogP contribution in [-0.4, -0.2) is 17.6 Å². The number of hydrogen-bond donors (Lipinski definition) is 2. The van der Waals surface area contributed by atoms with Crippen LogP contribution in [0.2, 0.25) is 5.02 Å². The minimum Gasteiger partial charge on any atom is -0.485 e. The molecule has 0 aliphatic rings. The third-order valence-corrected chi connectivity index (χ3v) is 1.88. The average molecular weight is 215 g/mol. The normalized spacial score (nSPS) is 11.4. The van der Waals surface area contributed by atoms with Gasteiger partial charge in [0.05, 0.1) is 0 Å². The van der Waals surface area contributed by atoms with Crippen LogP contribution in [0.25, 0.3) is 0 Å². The van der Waals surface area contributed by atoms with E-state index < -0.39 is 0 Å². The van der Waals surface area contributed by atoms with Crippen molar-refractivity contribution < 1.29 is 9.94 Å². The van der Waals surface area contributed by atoms with Gasteiger partial charge in [-0.15, -0.1) is 0 Å². The first-order valence-corrected chi connectivity index (χ1v) is 4.36. The molecule has 0 saturated heterocycles. The molecule has 0 amide bonds. The predicted octanol–water partition coefficient (Wildman–Crippen LogP) is 1.77. The minimum absolute atomic E-state index is 0.0272. The Labute approximate surface area is 86.9 Å². The fourth-order valence-electron chi connectivity index (χ4n) is 0.955. The number of benzene rings is 1. The van der Waals surface area contributed by atoms with Crippen LogP contribution < -0.4 is 10.5 Å². The Morgan fingerprint density at radius 2 is 2.36 bits per heavy atom. The number of ether oxygens (including phenoxy) is 1. The summed E-state index contributed by atoms with van der Waals surface area (Å²) in [5, 5.41) is 11.7. The largest absolute Gasteiger partial charge is 0.485 e. The van der Waals surface area contributed by atoms with Crippen molar-refractivity contribution in [2.24, 2.45) is 10.9 Å². The van der Waals surface area contributed by atoms with E-state index in [0.29, 0.717) is 10.8 Å². The van der Waals surface area contributed by atoms with Crippen LogP contribution in [0.15, 0.2) is 23.4 Å². The summed E-state index contributed by atoms with van der Waals surface area (Å²) in [7, 11) is 0. The first kappa shape index (κ1) is 10.7. The van der Waals surface area contributed by atoms with Crippen LogP contribution in [0.5, 0.6) is 5.75 Å². The number of nitrogens with two attached hydrogens (primary N) is 1. The van der Waals surface area contributed by atoms with Gasteiger partial charge in [0.25, 0.3) is 0 Å². The number of nitrogens with zero attached hydrogens (tertiary/aromatic N) is 1. The number of amidine groups is 1. The number of oxime groups is 1. The molecule has 0 aliphatic carbocycles. The van der Waals surface area contributed by atoms with E-state index in [1.807, 2.05) is 6.92 Å². The third-order valence-electron chi connectivity index (χ3n) is 1.64. The van der Waals surface area contributed by atoms with Gasteiger partial charge in [0.2, 0.25) is 0 Å². The Kier molecular flexibility index (Phi) is 3.59. The van der Waals surface area contributed by atoms with Gasteiger partial charge in [-0.1, -0.05) is 16.8 Å². The molecule has 4 nitrogen and oxygen atoms in total. The fraction of sp³-hybridized carbons (Fsp3) is 0.222. The molecule has 3 N–H and O–H groups in total. The Morgan fingerprint density at radius 3 is 2.93 bits per heavy atom. The number of rotatable bonds is 3. The highest BCUT2D eigenvalue weighted by atomic mass is 35.5.